The topological polar surface area (TPSA) is 83.8 Å². The Bertz CT molecular complexity index is 1330. The van der Waals surface area contributed by atoms with Gasteiger partial charge >= 0.3 is 0 Å². The van der Waals surface area contributed by atoms with E-state index in [1.807, 2.05) is 66.7 Å². The molecule has 146 valence electrons. The minimum atomic E-state index is -0.326. The zero-order valence-corrected chi connectivity index (χ0v) is 16.2. The van der Waals surface area contributed by atoms with E-state index in [0.717, 1.165) is 28.0 Å². The van der Waals surface area contributed by atoms with Gasteiger partial charge in [-0.25, -0.2) is 4.98 Å². The van der Waals surface area contributed by atoms with Gasteiger partial charge < -0.3 is 14.8 Å². The molecule has 2 N–H and O–H groups in total. The molecule has 2 heterocycles. The zero-order chi connectivity index (χ0) is 20.5. The number of hydrogen-bond acceptors (Lipinski definition) is 4. The predicted octanol–water partition coefficient (Wildman–Crippen LogP) is 5.45. The lowest BCUT2D eigenvalue weighted by molar-refractivity contribution is 0.101. The van der Waals surface area contributed by atoms with Crippen LogP contribution in [0.25, 0.3) is 33.7 Å². The summed E-state index contributed by atoms with van der Waals surface area (Å²) in [4.78, 5) is 20.5. The highest BCUT2D eigenvalue weighted by atomic mass is 16.5. The molecular formula is C24H18N4O2. The minimum absolute atomic E-state index is 0.227. The summed E-state index contributed by atoms with van der Waals surface area (Å²) in [6.07, 6.45) is 0. The molecule has 0 bridgehead atoms. The first-order valence-electron chi connectivity index (χ1n) is 9.56. The highest BCUT2D eigenvalue weighted by molar-refractivity contribution is 6.03. The first-order chi connectivity index (χ1) is 14.7. The lowest BCUT2D eigenvalue weighted by atomic mass is 10.1. The summed E-state index contributed by atoms with van der Waals surface area (Å²) in [5, 5.41) is 6.73. The molecule has 0 aliphatic carbocycles. The Balaban J connectivity index is 1.32. The van der Waals surface area contributed by atoms with Crippen LogP contribution in [0.2, 0.25) is 0 Å². The van der Waals surface area contributed by atoms with E-state index in [1.165, 1.54) is 5.56 Å². The van der Waals surface area contributed by atoms with Gasteiger partial charge in [-0.3, -0.25) is 4.79 Å². The van der Waals surface area contributed by atoms with Gasteiger partial charge in [0.2, 0.25) is 0 Å². The van der Waals surface area contributed by atoms with Crippen LogP contribution in [0.4, 0.5) is 5.69 Å². The molecule has 0 spiro atoms. The smallest absolute Gasteiger partial charge is 0.277 e. The molecule has 0 radical (unpaired) electrons. The van der Waals surface area contributed by atoms with Crippen molar-refractivity contribution in [3.63, 3.8) is 0 Å². The number of fused-ring (bicyclic) bond motifs is 1. The van der Waals surface area contributed by atoms with Crippen molar-refractivity contribution in [3.05, 3.63) is 90.1 Å². The number of nitrogens with one attached hydrogen (secondary N) is 2. The normalized spacial score (nSPS) is 11.0. The fourth-order valence-corrected chi connectivity index (χ4v) is 3.29. The van der Waals surface area contributed by atoms with Crippen molar-refractivity contribution in [1.82, 2.24) is 15.1 Å². The maximum absolute atomic E-state index is 12.5. The summed E-state index contributed by atoms with van der Waals surface area (Å²) in [5.74, 6) is 1.02. The number of amides is 1. The summed E-state index contributed by atoms with van der Waals surface area (Å²) in [7, 11) is 0. The number of hydrogen-bond donors (Lipinski definition) is 2. The number of carbonyl (C=O) groups excluding carboxylic acids is 1. The van der Waals surface area contributed by atoms with Gasteiger partial charge in [-0.15, -0.1) is 0 Å². The Morgan fingerprint density at radius 3 is 2.53 bits per heavy atom. The van der Waals surface area contributed by atoms with Crippen molar-refractivity contribution >= 4 is 22.6 Å². The number of aromatic nitrogens is 3. The number of aryl methyl sites for hydroxylation is 1. The molecule has 6 heteroatoms. The first kappa shape index (κ1) is 17.9. The van der Waals surface area contributed by atoms with Crippen LogP contribution < -0.4 is 5.32 Å². The van der Waals surface area contributed by atoms with E-state index in [-0.39, 0.29) is 11.6 Å². The van der Waals surface area contributed by atoms with Crippen LogP contribution in [0, 0.1) is 6.92 Å². The Morgan fingerprint density at radius 2 is 1.73 bits per heavy atom. The van der Waals surface area contributed by atoms with Crippen molar-refractivity contribution in [2.75, 3.05) is 5.32 Å². The molecule has 0 aliphatic heterocycles. The second kappa shape index (κ2) is 7.33. The van der Waals surface area contributed by atoms with Crippen LogP contribution in [0.3, 0.4) is 0 Å². The quantitative estimate of drug-likeness (QED) is 0.425. The van der Waals surface area contributed by atoms with E-state index in [0.29, 0.717) is 11.4 Å². The van der Waals surface area contributed by atoms with E-state index >= 15 is 0 Å². The first-order valence-corrected chi connectivity index (χ1v) is 9.56. The third kappa shape index (κ3) is 3.46. The van der Waals surface area contributed by atoms with Crippen LogP contribution in [-0.4, -0.2) is 21.0 Å². The lowest BCUT2D eigenvalue weighted by Crippen LogP contribution is -2.12. The third-order valence-corrected chi connectivity index (χ3v) is 4.85. The summed E-state index contributed by atoms with van der Waals surface area (Å²) in [6, 6.07) is 24.8. The van der Waals surface area contributed by atoms with Gasteiger partial charge in [0.15, 0.2) is 11.5 Å². The number of anilines is 1. The number of rotatable bonds is 4. The molecule has 1 amide bonds. The van der Waals surface area contributed by atoms with E-state index < -0.39 is 0 Å². The third-order valence-electron chi connectivity index (χ3n) is 4.85. The molecule has 0 saturated carbocycles. The molecule has 5 rings (SSSR count). The van der Waals surface area contributed by atoms with Gasteiger partial charge in [0.25, 0.3) is 5.91 Å². The minimum Gasteiger partial charge on any atom is -0.355 e. The van der Waals surface area contributed by atoms with E-state index in [9.17, 15) is 4.79 Å². The van der Waals surface area contributed by atoms with E-state index in [2.05, 4.69) is 33.4 Å². The van der Waals surface area contributed by atoms with Crippen LogP contribution in [0.5, 0.6) is 0 Å². The van der Waals surface area contributed by atoms with Crippen LogP contribution in [0.15, 0.2) is 83.4 Å². The summed E-state index contributed by atoms with van der Waals surface area (Å²) in [6.45, 7) is 2.05. The molecule has 6 nitrogen and oxygen atoms in total. The fraction of sp³-hybridized carbons (Fsp3) is 0.0417. The number of carbonyl (C=O) groups is 1. The lowest BCUT2D eigenvalue weighted by Gasteiger charge is -2.03. The predicted molar refractivity (Wildman–Crippen MR) is 116 cm³/mol. The SMILES string of the molecule is Cc1ccc2nc(-c3ccc(NC(=O)c4cc(-c5ccccc5)on4)cc3)[nH]c2c1. The van der Waals surface area contributed by atoms with Crippen LogP contribution in [0.1, 0.15) is 16.1 Å². The van der Waals surface area contributed by atoms with Gasteiger partial charge in [0, 0.05) is 22.9 Å². The largest absolute Gasteiger partial charge is 0.355 e. The van der Waals surface area contributed by atoms with Crippen molar-refractivity contribution in [3.8, 4) is 22.7 Å². The van der Waals surface area contributed by atoms with Gasteiger partial charge in [-0.05, 0) is 48.9 Å². The Kier molecular flexibility index (Phi) is 4.37. The second-order valence-electron chi connectivity index (χ2n) is 7.08. The molecule has 0 atom stereocenters. The highest BCUT2D eigenvalue weighted by Gasteiger charge is 2.14. The standard InChI is InChI=1S/C24H18N4O2/c1-15-7-12-19-20(13-15)27-23(26-19)17-8-10-18(11-9-17)25-24(29)21-14-22(30-28-21)16-5-3-2-4-6-16/h2-14H,1H3,(H,25,29)(H,26,27). The van der Waals surface area contributed by atoms with Crippen molar-refractivity contribution < 1.29 is 9.32 Å². The van der Waals surface area contributed by atoms with Gasteiger partial charge in [-0.1, -0.05) is 41.6 Å². The Hall–Kier alpha value is -4.19. The average Bonchev–Trinajstić information content (AvgIpc) is 3.42. The van der Waals surface area contributed by atoms with Crippen molar-refractivity contribution in [1.29, 1.82) is 0 Å². The highest BCUT2D eigenvalue weighted by Crippen LogP contribution is 2.24. The van der Waals surface area contributed by atoms with Gasteiger partial charge in [0.05, 0.1) is 11.0 Å². The van der Waals surface area contributed by atoms with Crippen molar-refractivity contribution in [2.24, 2.45) is 0 Å². The summed E-state index contributed by atoms with van der Waals surface area (Å²) in [5.41, 5.74) is 5.81. The molecule has 30 heavy (non-hydrogen) atoms. The monoisotopic (exact) mass is 394 g/mol. The maximum Gasteiger partial charge on any atom is 0.277 e. The van der Waals surface area contributed by atoms with Crippen molar-refractivity contribution in [2.45, 2.75) is 6.92 Å². The summed E-state index contributed by atoms with van der Waals surface area (Å²) < 4.78 is 5.30. The van der Waals surface area contributed by atoms with Gasteiger partial charge in [0.1, 0.15) is 5.82 Å². The molecule has 0 fully saturated rings. The second-order valence-corrected chi connectivity index (χ2v) is 7.08. The van der Waals surface area contributed by atoms with Gasteiger partial charge in [-0.2, -0.15) is 0 Å². The van der Waals surface area contributed by atoms with Crippen LogP contribution in [-0.2, 0) is 0 Å². The Labute approximate surface area is 172 Å². The molecule has 3 aromatic carbocycles. The molecule has 0 unspecified atom stereocenters. The maximum atomic E-state index is 12.5. The molecular weight excluding hydrogens is 376 g/mol. The van der Waals surface area contributed by atoms with E-state index in [4.69, 9.17) is 4.52 Å². The number of imidazole rings is 1. The average molecular weight is 394 g/mol. The molecule has 0 saturated heterocycles. The Morgan fingerprint density at radius 1 is 0.933 bits per heavy atom. The number of aromatic amines is 1. The van der Waals surface area contributed by atoms with Crippen LogP contribution >= 0.6 is 0 Å². The molecule has 0 aliphatic rings. The fourth-order valence-electron chi connectivity index (χ4n) is 3.29. The number of H-pyrrole nitrogens is 1. The zero-order valence-electron chi connectivity index (χ0n) is 16.2. The number of nitrogens with zero attached hydrogens (tertiary/aromatic N) is 2. The molecule has 2 aromatic heterocycles. The number of benzene rings is 3. The summed E-state index contributed by atoms with van der Waals surface area (Å²) >= 11 is 0. The molecule has 5 aromatic rings. The van der Waals surface area contributed by atoms with E-state index in [1.54, 1.807) is 6.07 Å².